The number of carbonyl (C=O) groups excluding carboxylic acids is 2. The van der Waals surface area contributed by atoms with E-state index in [4.69, 9.17) is 11.6 Å². The predicted octanol–water partition coefficient (Wildman–Crippen LogP) is 4.95. The van der Waals surface area contributed by atoms with E-state index in [2.05, 4.69) is 29.3 Å². The molecule has 8 nitrogen and oxygen atoms in total. The van der Waals surface area contributed by atoms with Crippen molar-refractivity contribution in [1.82, 2.24) is 18.7 Å². The Morgan fingerprint density at radius 2 is 1.48 bits per heavy atom. The highest BCUT2D eigenvalue weighted by molar-refractivity contribution is 8.02. The molecule has 0 aliphatic heterocycles. The molecule has 31 heavy (non-hydrogen) atoms. The van der Waals surface area contributed by atoms with Crippen molar-refractivity contribution in [2.24, 2.45) is 0 Å². The largest absolute Gasteiger partial charge is 0.325 e. The third-order valence-corrected chi connectivity index (χ3v) is 8.63. The number of carbonyl (C=O) groups is 2. The first kappa shape index (κ1) is 24.6. The number of anilines is 2. The number of aromatic nitrogens is 4. The van der Waals surface area contributed by atoms with Crippen LogP contribution in [0.15, 0.2) is 37.2 Å². The number of halogens is 1. The topological polar surface area (TPSA) is 110 Å². The summed E-state index contributed by atoms with van der Waals surface area (Å²) in [5, 5.41) is 7.27. The molecule has 2 heterocycles. The first-order chi connectivity index (χ1) is 15.0. The lowest BCUT2D eigenvalue weighted by atomic mass is 10.2. The zero-order valence-electron chi connectivity index (χ0n) is 16.1. The molecule has 0 atom stereocenters. The summed E-state index contributed by atoms with van der Waals surface area (Å²) in [4.78, 5) is 32.9. The molecule has 0 saturated carbocycles. The number of rotatable bonds is 10. The molecule has 0 aliphatic carbocycles. The van der Waals surface area contributed by atoms with Gasteiger partial charge in [0.2, 0.25) is 22.1 Å². The van der Waals surface area contributed by atoms with E-state index in [1.165, 1.54) is 70.1 Å². The van der Waals surface area contributed by atoms with E-state index in [0.29, 0.717) is 26.7 Å². The van der Waals surface area contributed by atoms with E-state index >= 15 is 0 Å². The van der Waals surface area contributed by atoms with Crippen LogP contribution in [0.1, 0.15) is 0 Å². The fourth-order valence-corrected chi connectivity index (χ4v) is 6.26. The van der Waals surface area contributed by atoms with Gasteiger partial charge < -0.3 is 10.6 Å². The first-order valence-corrected chi connectivity index (χ1v) is 14.7. The van der Waals surface area contributed by atoms with Crippen molar-refractivity contribution in [1.29, 1.82) is 0 Å². The average molecular weight is 551 g/mol. The van der Waals surface area contributed by atoms with Crippen LogP contribution in [0.5, 0.6) is 0 Å². The molecule has 2 aromatic heterocycles. The second kappa shape index (κ2) is 12.3. The van der Waals surface area contributed by atoms with Crippen LogP contribution in [0.25, 0.3) is 0 Å². The van der Waals surface area contributed by atoms with Crippen LogP contribution < -0.4 is 10.6 Å². The van der Waals surface area contributed by atoms with E-state index in [1.807, 2.05) is 12.5 Å². The van der Waals surface area contributed by atoms with E-state index in [0.717, 1.165) is 8.68 Å². The number of thioether (sulfide) groups is 4. The molecule has 0 radical (unpaired) electrons. The Balaban J connectivity index is 1.47. The second-order valence-corrected chi connectivity index (χ2v) is 11.4. The van der Waals surface area contributed by atoms with Gasteiger partial charge in [-0.15, -0.1) is 0 Å². The van der Waals surface area contributed by atoms with Crippen molar-refractivity contribution in [2.45, 2.75) is 19.0 Å². The minimum atomic E-state index is -0.206. The number of nitrogens with zero attached hydrogens (tertiary/aromatic N) is 4. The third kappa shape index (κ3) is 7.80. The van der Waals surface area contributed by atoms with E-state index in [1.54, 1.807) is 18.2 Å². The van der Waals surface area contributed by atoms with Gasteiger partial charge in [0.1, 0.15) is 0 Å². The molecule has 164 valence electrons. The molecule has 1 aromatic carbocycles. The Morgan fingerprint density at radius 1 is 0.935 bits per heavy atom. The quantitative estimate of drug-likeness (QED) is 0.336. The number of nitrogens with one attached hydrogen (secondary N) is 2. The zero-order chi connectivity index (χ0) is 22.2. The highest BCUT2D eigenvalue weighted by Gasteiger charge is 2.12. The Labute approximate surface area is 208 Å². The Kier molecular flexibility index (Phi) is 9.74. The monoisotopic (exact) mass is 550 g/mol. The molecule has 3 aromatic rings. The summed E-state index contributed by atoms with van der Waals surface area (Å²) in [6.07, 6.45) is 3.80. The van der Waals surface area contributed by atoms with Gasteiger partial charge in [-0.2, -0.15) is 8.75 Å². The summed E-state index contributed by atoms with van der Waals surface area (Å²) in [5.74, 6) is 0.0125. The lowest BCUT2D eigenvalue weighted by Gasteiger charge is -2.09. The molecule has 0 fully saturated rings. The summed E-state index contributed by atoms with van der Waals surface area (Å²) in [6, 6.07) is 4.93. The molecule has 0 unspecified atom stereocenters. The van der Waals surface area contributed by atoms with Crippen LogP contribution in [0, 0.1) is 0 Å². The maximum Gasteiger partial charge on any atom is 0.234 e. The van der Waals surface area contributed by atoms with Crippen LogP contribution in [0.3, 0.4) is 0 Å². The van der Waals surface area contributed by atoms with Gasteiger partial charge in [0.15, 0.2) is 8.68 Å². The van der Waals surface area contributed by atoms with E-state index < -0.39 is 0 Å². The molecular formula is C16H15ClN6O2S6. The Hall–Kier alpha value is -1.03. The van der Waals surface area contributed by atoms with Crippen molar-refractivity contribution in [3.8, 4) is 0 Å². The predicted molar refractivity (Wildman–Crippen MR) is 134 cm³/mol. The van der Waals surface area contributed by atoms with Gasteiger partial charge in [-0.1, -0.05) is 58.6 Å². The number of benzene rings is 1. The molecule has 0 aliphatic rings. The normalized spacial score (nSPS) is 10.8. The number of amides is 2. The standard InChI is InChI=1S/C16H15ClN6O2S6/c1-26-13-20-15(30-22-13)28-6-11(24)18-8-3-4-10(9(17)5-8)19-12(25)7-29-16-21-14(27-2)23-31-16/h3-5H,6-7H2,1-2H3,(H,18,24)(H,19,25). The maximum absolute atomic E-state index is 12.2. The van der Waals surface area contributed by atoms with Gasteiger partial charge in [0.05, 0.1) is 22.2 Å². The lowest BCUT2D eigenvalue weighted by molar-refractivity contribution is -0.114. The summed E-state index contributed by atoms with van der Waals surface area (Å²) >= 11 is 14.4. The first-order valence-electron chi connectivity index (χ1n) is 8.37. The number of hydrogen-bond donors (Lipinski definition) is 2. The van der Waals surface area contributed by atoms with Gasteiger partial charge in [-0.05, 0) is 53.8 Å². The molecule has 2 N–H and O–H groups in total. The van der Waals surface area contributed by atoms with Crippen molar-refractivity contribution >= 4 is 105 Å². The molecule has 2 amide bonds. The zero-order valence-corrected chi connectivity index (χ0v) is 21.7. The fraction of sp³-hybridized carbons (Fsp3) is 0.250. The van der Waals surface area contributed by atoms with Gasteiger partial charge in [-0.25, -0.2) is 9.97 Å². The highest BCUT2D eigenvalue weighted by Crippen LogP contribution is 2.28. The molecule has 3 rings (SSSR count). The molecule has 0 spiro atoms. The third-order valence-electron chi connectivity index (χ3n) is 3.32. The minimum Gasteiger partial charge on any atom is -0.325 e. The van der Waals surface area contributed by atoms with Gasteiger partial charge in [0.25, 0.3) is 0 Å². The summed E-state index contributed by atoms with van der Waals surface area (Å²) < 4.78 is 9.79. The minimum absolute atomic E-state index is 0.183. The summed E-state index contributed by atoms with van der Waals surface area (Å²) in [6.45, 7) is 0. The van der Waals surface area contributed by atoms with Gasteiger partial charge in [0, 0.05) is 5.69 Å². The SMILES string of the molecule is CSc1nsc(SCC(=O)Nc2ccc(NC(=O)CSc3nc(SC)ns3)c(Cl)c2)n1. The van der Waals surface area contributed by atoms with Crippen molar-refractivity contribution in [3.05, 3.63) is 23.2 Å². The fourth-order valence-electron chi connectivity index (χ4n) is 2.01. The van der Waals surface area contributed by atoms with E-state index in [-0.39, 0.29) is 23.3 Å². The Bertz CT molecular complexity index is 1060. The van der Waals surface area contributed by atoms with Crippen LogP contribution in [0.4, 0.5) is 11.4 Å². The lowest BCUT2D eigenvalue weighted by Crippen LogP contribution is -2.15. The van der Waals surface area contributed by atoms with E-state index in [9.17, 15) is 9.59 Å². The van der Waals surface area contributed by atoms with Gasteiger partial charge in [-0.3, -0.25) is 9.59 Å². The van der Waals surface area contributed by atoms with Crippen LogP contribution in [-0.2, 0) is 9.59 Å². The molecular weight excluding hydrogens is 536 g/mol. The molecule has 0 bridgehead atoms. The van der Waals surface area contributed by atoms with Crippen molar-refractivity contribution < 1.29 is 9.59 Å². The molecule has 0 saturated heterocycles. The van der Waals surface area contributed by atoms with Crippen LogP contribution >= 0.6 is 81.7 Å². The second-order valence-electron chi connectivity index (χ2n) is 5.46. The van der Waals surface area contributed by atoms with Crippen molar-refractivity contribution in [3.63, 3.8) is 0 Å². The highest BCUT2D eigenvalue weighted by atomic mass is 35.5. The number of hydrogen-bond acceptors (Lipinski definition) is 12. The van der Waals surface area contributed by atoms with Crippen LogP contribution in [-0.4, -0.2) is 54.5 Å². The van der Waals surface area contributed by atoms with Crippen LogP contribution in [0.2, 0.25) is 5.02 Å². The maximum atomic E-state index is 12.2. The molecule has 15 heteroatoms. The Morgan fingerprint density at radius 3 is 1.97 bits per heavy atom. The smallest absolute Gasteiger partial charge is 0.234 e. The van der Waals surface area contributed by atoms with Crippen molar-refractivity contribution in [2.75, 3.05) is 34.7 Å². The summed E-state index contributed by atoms with van der Waals surface area (Å²) in [5.41, 5.74) is 1.02. The summed E-state index contributed by atoms with van der Waals surface area (Å²) in [7, 11) is 0. The average Bonchev–Trinajstić information content (AvgIpc) is 3.42. The van der Waals surface area contributed by atoms with Gasteiger partial charge >= 0.3 is 0 Å².